The highest BCUT2D eigenvalue weighted by Gasteiger charge is 2.29. The summed E-state index contributed by atoms with van der Waals surface area (Å²) in [6.07, 6.45) is 5.58. The van der Waals surface area contributed by atoms with Crippen LogP contribution >= 0.6 is 8.25 Å². The van der Waals surface area contributed by atoms with Crippen LogP contribution in [0.2, 0.25) is 0 Å². The fraction of sp³-hybridized carbons (Fsp3) is 0.938. The predicted octanol–water partition coefficient (Wildman–Crippen LogP) is 5.14. The van der Waals surface area contributed by atoms with Crippen molar-refractivity contribution in [2.75, 3.05) is 0 Å². The molecule has 0 aliphatic rings. The largest absolute Gasteiger partial charge is 0.695 e. The Bertz CT molecular complexity index is 331. The molecule has 0 aromatic heterocycles. The highest BCUT2D eigenvalue weighted by molar-refractivity contribution is 7.32. The van der Waals surface area contributed by atoms with Crippen molar-refractivity contribution in [2.45, 2.75) is 79.2 Å². The first kappa shape index (κ1) is 21.5. The third-order valence-corrected chi connectivity index (χ3v) is 4.36. The van der Waals surface area contributed by atoms with Gasteiger partial charge in [0.25, 0.3) is 0 Å². The fourth-order valence-electron chi connectivity index (χ4n) is 2.67. The van der Waals surface area contributed by atoms with E-state index >= 15 is 0 Å². The van der Waals surface area contributed by atoms with E-state index in [4.69, 9.17) is 9.42 Å². The molecule has 0 aliphatic carbocycles. The van der Waals surface area contributed by atoms with Crippen molar-refractivity contribution in [1.29, 1.82) is 0 Å². The van der Waals surface area contributed by atoms with Crippen molar-refractivity contribution in [3.63, 3.8) is 0 Å². The molecule has 0 bridgehead atoms. The Kier molecular flexibility index (Phi) is 11.7. The Morgan fingerprint density at radius 2 is 1.45 bits per heavy atom. The third kappa shape index (κ3) is 10.3. The first-order valence-electron chi connectivity index (χ1n) is 8.32. The summed E-state index contributed by atoms with van der Waals surface area (Å²) in [5.74, 6) is 1.39. The van der Waals surface area contributed by atoms with Gasteiger partial charge < -0.3 is 5.21 Å². The summed E-state index contributed by atoms with van der Waals surface area (Å²) in [6.45, 7) is 10.4. The number of hydrogen-bond donors (Lipinski definition) is 2. The molecule has 22 heavy (non-hydrogen) atoms. The molecule has 0 heterocycles. The van der Waals surface area contributed by atoms with Crippen molar-refractivity contribution in [2.24, 2.45) is 22.9 Å². The molecule has 0 rings (SSSR count). The van der Waals surface area contributed by atoms with Crippen molar-refractivity contribution in [1.82, 2.24) is 0 Å². The normalized spacial score (nSPS) is 15.0. The monoisotopic (exact) mass is 334 g/mol. The number of nitrogens with zero attached hydrogens (tertiary/aromatic N) is 1. The van der Waals surface area contributed by atoms with Crippen LogP contribution in [0.5, 0.6) is 0 Å². The van der Waals surface area contributed by atoms with E-state index in [0.717, 1.165) is 38.5 Å². The van der Waals surface area contributed by atoms with Crippen LogP contribution < -0.4 is 0 Å². The van der Waals surface area contributed by atoms with Gasteiger partial charge in [0, 0.05) is 10.5 Å². The zero-order chi connectivity index (χ0) is 17.1. The molecule has 0 radical (unpaired) electrons. The van der Waals surface area contributed by atoms with Crippen LogP contribution in [0.15, 0.2) is 5.16 Å². The summed E-state index contributed by atoms with van der Waals surface area (Å²) in [6, 6.07) is 0. The summed E-state index contributed by atoms with van der Waals surface area (Å²) in [5.41, 5.74) is 0.491. The Morgan fingerprint density at radius 1 is 1.00 bits per heavy atom. The zero-order valence-electron chi connectivity index (χ0n) is 14.7. The summed E-state index contributed by atoms with van der Waals surface area (Å²) in [4.78, 5) is 8.90. The molecule has 0 saturated carbocycles. The Hall–Kier alpha value is -0.510. The van der Waals surface area contributed by atoms with Gasteiger partial charge in [-0.2, -0.15) is 0 Å². The summed E-state index contributed by atoms with van der Waals surface area (Å²) >= 11 is 0. The molecule has 0 fully saturated rings. The van der Waals surface area contributed by atoms with Gasteiger partial charge in [0.05, 0.1) is 5.71 Å². The first-order chi connectivity index (χ1) is 10.3. The number of oxime groups is 1. The van der Waals surface area contributed by atoms with Crippen LogP contribution in [-0.4, -0.2) is 21.9 Å². The molecular weight excluding hydrogens is 301 g/mol. The van der Waals surface area contributed by atoms with E-state index < -0.39 is 14.4 Å². The molecule has 2 unspecified atom stereocenters. The predicted molar refractivity (Wildman–Crippen MR) is 90.5 cm³/mol. The number of hydrogen-bond acceptors (Lipinski definition) is 4. The zero-order valence-corrected chi connectivity index (χ0v) is 15.6. The van der Waals surface area contributed by atoms with Crippen molar-refractivity contribution in [3.8, 4) is 0 Å². The van der Waals surface area contributed by atoms with E-state index in [1.165, 1.54) is 0 Å². The maximum Gasteiger partial charge on any atom is 0.695 e. The van der Waals surface area contributed by atoms with Gasteiger partial charge in [-0.05, 0) is 31.6 Å². The summed E-state index contributed by atoms with van der Waals surface area (Å²) in [7, 11) is -2.69. The molecule has 0 aromatic carbocycles. The van der Waals surface area contributed by atoms with E-state index in [0.29, 0.717) is 17.5 Å². The highest BCUT2D eigenvalue weighted by Crippen LogP contribution is 2.27. The quantitative estimate of drug-likeness (QED) is 0.224. The maximum absolute atomic E-state index is 10.8. The minimum atomic E-state index is -2.69. The molecule has 130 valence electrons. The second-order valence-electron chi connectivity index (χ2n) is 6.86. The Balaban J connectivity index is 4.72. The molecule has 0 aliphatic heterocycles. The van der Waals surface area contributed by atoms with E-state index in [1.807, 2.05) is 0 Å². The lowest BCUT2D eigenvalue weighted by Gasteiger charge is -2.20. The average molecular weight is 334 g/mol. The minimum absolute atomic E-state index is 0.104. The average Bonchev–Trinajstić information content (AvgIpc) is 2.37. The van der Waals surface area contributed by atoms with Gasteiger partial charge >= 0.3 is 8.25 Å². The fourth-order valence-corrected chi connectivity index (χ4v) is 3.05. The van der Waals surface area contributed by atoms with Crippen LogP contribution in [0.25, 0.3) is 0 Å². The molecule has 5 nitrogen and oxygen atoms in total. The molecule has 0 saturated heterocycles. The second-order valence-corrected chi connectivity index (χ2v) is 7.54. The minimum Gasteiger partial charge on any atom is -0.411 e. The lowest BCUT2D eigenvalue weighted by atomic mass is 9.87. The molecular formula is C16H33NO4P+. The molecule has 0 spiro atoms. The lowest BCUT2D eigenvalue weighted by molar-refractivity contribution is 0.237. The van der Waals surface area contributed by atoms with Gasteiger partial charge in [-0.3, -0.25) is 0 Å². The maximum atomic E-state index is 10.8. The van der Waals surface area contributed by atoms with Crippen LogP contribution in [0.4, 0.5) is 0 Å². The molecule has 0 amide bonds. The van der Waals surface area contributed by atoms with Gasteiger partial charge in [-0.15, -0.1) is 9.42 Å². The van der Waals surface area contributed by atoms with Crippen molar-refractivity contribution in [3.05, 3.63) is 0 Å². The van der Waals surface area contributed by atoms with Gasteiger partial charge in [0.2, 0.25) is 0 Å². The van der Waals surface area contributed by atoms with Gasteiger partial charge in [-0.1, -0.05) is 58.5 Å². The molecule has 2 atom stereocenters. The van der Waals surface area contributed by atoms with Gasteiger partial charge in [0.1, 0.15) is 0 Å². The van der Waals surface area contributed by atoms with Crippen LogP contribution in [-0.2, 0) is 9.09 Å². The summed E-state index contributed by atoms with van der Waals surface area (Å²) < 4.78 is 15.8. The highest BCUT2D eigenvalue weighted by atomic mass is 31.1. The van der Waals surface area contributed by atoms with E-state index in [9.17, 15) is 9.77 Å². The number of rotatable bonds is 12. The van der Waals surface area contributed by atoms with Crippen LogP contribution in [0, 0.1) is 17.8 Å². The second kappa shape index (κ2) is 12.0. The standard InChI is InChI=1S/C16H32NO4P/c1-12(2)8-6-10-15(11-7-9-13(3)4)16(17-18)14(5)21-22(19)20/h12-15H,6-11H2,1-5H3,(H-,18,19,20)/p+1. The van der Waals surface area contributed by atoms with Crippen molar-refractivity contribution < 1.29 is 19.2 Å². The van der Waals surface area contributed by atoms with Gasteiger partial charge in [0.15, 0.2) is 6.10 Å². The Labute approximate surface area is 136 Å². The third-order valence-electron chi connectivity index (χ3n) is 3.87. The summed E-state index contributed by atoms with van der Waals surface area (Å²) in [5, 5.41) is 12.7. The SMILES string of the molecule is CC(C)CCCC(CCCC(C)C)C(=NO)C(C)O[P+](=O)O. The van der Waals surface area contributed by atoms with E-state index in [-0.39, 0.29) is 5.92 Å². The topological polar surface area (TPSA) is 79.1 Å². The molecule has 2 N–H and O–H groups in total. The first-order valence-corrected chi connectivity index (χ1v) is 9.45. The molecule has 6 heteroatoms. The van der Waals surface area contributed by atoms with E-state index in [2.05, 4.69) is 32.9 Å². The Morgan fingerprint density at radius 3 is 1.77 bits per heavy atom. The smallest absolute Gasteiger partial charge is 0.411 e. The molecule has 0 aromatic rings. The van der Waals surface area contributed by atoms with Crippen LogP contribution in [0.1, 0.15) is 73.1 Å². The lowest BCUT2D eigenvalue weighted by Crippen LogP contribution is -2.27. The van der Waals surface area contributed by atoms with Crippen LogP contribution in [0.3, 0.4) is 0 Å². The van der Waals surface area contributed by atoms with Crippen molar-refractivity contribution >= 4 is 14.0 Å². The van der Waals surface area contributed by atoms with E-state index in [1.54, 1.807) is 6.92 Å². The van der Waals surface area contributed by atoms with Gasteiger partial charge in [-0.25, -0.2) is 0 Å².